The first-order chi connectivity index (χ1) is 16.6. The molecule has 1 aliphatic rings. The van der Waals surface area contributed by atoms with Gasteiger partial charge in [-0.15, -0.1) is 11.3 Å². The maximum absolute atomic E-state index is 13.6. The Morgan fingerprint density at radius 3 is 2.62 bits per heavy atom. The van der Waals surface area contributed by atoms with Crippen molar-refractivity contribution in [3.8, 4) is 11.1 Å². The number of nitrogens with zero attached hydrogens (tertiary/aromatic N) is 3. The zero-order valence-corrected chi connectivity index (χ0v) is 19.8. The van der Waals surface area contributed by atoms with Crippen molar-refractivity contribution >= 4 is 33.1 Å². The number of H-pyrrole nitrogens is 1. The van der Waals surface area contributed by atoms with Crippen LogP contribution in [0.1, 0.15) is 22.4 Å². The molecule has 0 spiro atoms. The Balaban J connectivity index is 1.47. The van der Waals surface area contributed by atoms with E-state index >= 15 is 0 Å². The van der Waals surface area contributed by atoms with E-state index < -0.39 is 0 Å². The fourth-order valence-corrected chi connectivity index (χ4v) is 5.39. The molecule has 8 heteroatoms. The van der Waals surface area contributed by atoms with Gasteiger partial charge in [0.25, 0.3) is 11.5 Å². The van der Waals surface area contributed by atoms with E-state index in [0.29, 0.717) is 41.4 Å². The molecule has 7 nitrogen and oxygen atoms in total. The van der Waals surface area contributed by atoms with Crippen molar-refractivity contribution in [3.63, 3.8) is 0 Å². The van der Waals surface area contributed by atoms with Crippen LogP contribution >= 0.6 is 11.3 Å². The molecule has 0 atom stereocenters. The minimum Gasteiger partial charge on any atom is -0.378 e. The van der Waals surface area contributed by atoms with Crippen LogP contribution in [0.4, 0.5) is 5.00 Å². The number of para-hydroxylation sites is 1. The molecule has 174 valence electrons. The number of carbonyl (C=O) groups is 1. The van der Waals surface area contributed by atoms with Crippen molar-refractivity contribution in [2.45, 2.75) is 13.5 Å². The van der Waals surface area contributed by atoms with E-state index in [9.17, 15) is 9.59 Å². The van der Waals surface area contributed by atoms with Crippen LogP contribution in [0.15, 0.2) is 65.5 Å². The fourth-order valence-electron chi connectivity index (χ4n) is 4.19. The molecule has 1 saturated heterocycles. The topological polar surface area (TPSA) is 78.5 Å². The molecular weight excluding hydrogens is 448 g/mol. The van der Waals surface area contributed by atoms with Gasteiger partial charge in [0.1, 0.15) is 5.82 Å². The molecule has 1 N–H and O–H groups in total. The predicted octanol–water partition coefficient (Wildman–Crippen LogP) is 4.15. The molecule has 1 aliphatic heterocycles. The summed E-state index contributed by atoms with van der Waals surface area (Å²) in [6.45, 7) is 5.63. The Kier molecular flexibility index (Phi) is 6.42. The van der Waals surface area contributed by atoms with Crippen molar-refractivity contribution in [1.82, 2.24) is 14.9 Å². The van der Waals surface area contributed by atoms with Crippen molar-refractivity contribution in [2.75, 3.05) is 37.7 Å². The summed E-state index contributed by atoms with van der Waals surface area (Å²) in [5.74, 6) is 0.409. The molecule has 5 rings (SSSR count). The zero-order chi connectivity index (χ0) is 23.5. The summed E-state index contributed by atoms with van der Waals surface area (Å²) in [5, 5.41) is 1.63. The van der Waals surface area contributed by atoms with Gasteiger partial charge >= 0.3 is 0 Å². The van der Waals surface area contributed by atoms with E-state index in [4.69, 9.17) is 4.74 Å². The minimum atomic E-state index is -0.193. The van der Waals surface area contributed by atoms with E-state index in [1.54, 1.807) is 11.0 Å². The van der Waals surface area contributed by atoms with Crippen LogP contribution in [0, 0.1) is 0 Å². The van der Waals surface area contributed by atoms with Crippen LogP contribution in [-0.2, 0) is 11.3 Å². The number of amides is 1. The molecule has 2 aromatic heterocycles. The lowest BCUT2D eigenvalue weighted by molar-refractivity contribution is 0.0753. The molecule has 0 bridgehead atoms. The Hall–Kier alpha value is -3.49. The smallest absolute Gasteiger partial charge is 0.264 e. The van der Waals surface area contributed by atoms with Gasteiger partial charge in [0.2, 0.25) is 0 Å². The highest BCUT2D eigenvalue weighted by Crippen LogP contribution is 2.40. The molecule has 0 saturated carbocycles. The van der Waals surface area contributed by atoms with E-state index in [-0.39, 0.29) is 18.0 Å². The molecule has 0 aliphatic carbocycles. The van der Waals surface area contributed by atoms with Crippen LogP contribution in [0.5, 0.6) is 0 Å². The maximum atomic E-state index is 13.6. The summed E-state index contributed by atoms with van der Waals surface area (Å²) >= 11 is 1.52. The number of rotatable bonds is 6. The van der Waals surface area contributed by atoms with Gasteiger partial charge in [-0.05, 0) is 30.7 Å². The number of ether oxygens (including phenoxy) is 1. The summed E-state index contributed by atoms with van der Waals surface area (Å²) in [7, 11) is 0. The van der Waals surface area contributed by atoms with E-state index in [1.165, 1.54) is 11.3 Å². The van der Waals surface area contributed by atoms with Gasteiger partial charge in [0.15, 0.2) is 0 Å². The lowest BCUT2D eigenvalue weighted by Crippen LogP contribution is -2.36. The van der Waals surface area contributed by atoms with Crippen LogP contribution in [-0.4, -0.2) is 53.6 Å². The minimum absolute atomic E-state index is 0.0694. The van der Waals surface area contributed by atoms with Gasteiger partial charge in [0, 0.05) is 25.2 Å². The normalized spacial score (nSPS) is 13.9. The second kappa shape index (κ2) is 9.79. The maximum Gasteiger partial charge on any atom is 0.264 e. The number of hydrogen-bond acceptors (Lipinski definition) is 6. The number of hydrogen-bond donors (Lipinski definition) is 1. The van der Waals surface area contributed by atoms with Gasteiger partial charge in [-0.2, -0.15) is 0 Å². The number of anilines is 1. The Labute approximate surface area is 201 Å². The third-order valence-electron chi connectivity index (χ3n) is 5.98. The largest absolute Gasteiger partial charge is 0.378 e. The first-order valence-corrected chi connectivity index (χ1v) is 12.2. The molecule has 0 unspecified atom stereocenters. The number of thiophene rings is 1. The summed E-state index contributed by atoms with van der Waals surface area (Å²) in [6.07, 6.45) is 0. The number of nitrogens with one attached hydrogen (secondary N) is 1. The highest BCUT2D eigenvalue weighted by atomic mass is 32.1. The molecule has 2 aromatic carbocycles. The van der Waals surface area contributed by atoms with Crippen LogP contribution in [0.2, 0.25) is 0 Å². The van der Waals surface area contributed by atoms with Crippen LogP contribution in [0.25, 0.3) is 22.0 Å². The summed E-state index contributed by atoms with van der Waals surface area (Å²) < 4.78 is 5.54. The summed E-state index contributed by atoms with van der Waals surface area (Å²) in [4.78, 5) is 38.2. The monoisotopic (exact) mass is 474 g/mol. The molecule has 3 heterocycles. The van der Waals surface area contributed by atoms with Gasteiger partial charge in [-0.25, -0.2) is 4.98 Å². The number of fused-ring (bicyclic) bond motifs is 1. The molecular formula is C26H26N4O3S. The van der Waals surface area contributed by atoms with Crippen molar-refractivity contribution in [3.05, 3.63) is 81.7 Å². The quantitative estimate of drug-likeness (QED) is 0.454. The third kappa shape index (κ3) is 4.47. The number of aromatic nitrogens is 2. The van der Waals surface area contributed by atoms with Gasteiger partial charge < -0.3 is 19.5 Å². The van der Waals surface area contributed by atoms with E-state index in [0.717, 1.165) is 29.2 Å². The lowest BCUT2D eigenvalue weighted by atomic mass is 10.1. The average Bonchev–Trinajstić information content (AvgIpc) is 3.34. The summed E-state index contributed by atoms with van der Waals surface area (Å²) in [5.41, 5.74) is 2.58. The first kappa shape index (κ1) is 22.3. The summed E-state index contributed by atoms with van der Waals surface area (Å²) in [6, 6.07) is 19.4. The third-order valence-corrected chi connectivity index (χ3v) is 7.16. The SMILES string of the molecule is CCN(Cc1nc2ccccc2c(=O)[nH]1)C(=O)c1cc(-c2ccccc2)c(N2CCOCC2)s1. The Morgan fingerprint density at radius 1 is 1.12 bits per heavy atom. The Morgan fingerprint density at radius 2 is 1.85 bits per heavy atom. The highest BCUT2D eigenvalue weighted by molar-refractivity contribution is 7.18. The lowest BCUT2D eigenvalue weighted by Gasteiger charge is -2.28. The van der Waals surface area contributed by atoms with Gasteiger partial charge in [-0.3, -0.25) is 9.59 Å². The van der Waals surface area contributed by atoms with Crippen LogP contribution < -0.4 is 10.5 Å². The number of morpholine rings is 1. The average molecular weight is 475 g/mol. The molecule has 0 radical (unpaired) electrons. The number of benzene rings is 2. The predicted molar refractivity (Wildman–Crippen MR) is 136 cm³/mol. The number of carbonyl (C=O) groups excluding carboxylic acids is 1. The fraction of sp³-hybridized carbons (Fsp3) is 0.269. The Bertz CT molecular complexity index is 1360. The standard InChI is InChI=1S/C26H26N4O3S/c1-2-29(17-23-27-21-11-7-6-10-19(21)24(31)28-23)25(32)22-16-20(18-8-4-3-5-9-18)26(34-22)30-12-14-33-15-13-30/h3-11,16H,2,12-15,17H2,1H3,(H,27,28,31). The second-order valence-electron chi connectivity index (χ2n) is 8.14. The second-order valence-corrected chi connectivity index (χ2v) is 9.17. The van der Waals surface area contributed by atoms with E-state index in [2.05, 4.69) is 27.0 Å². The highest BCUT2D eigenvalue weighted by Gasteiger charge is 2.24. The molecule has 4 aromatic rings. The zero-order valence-electron chi connectivity index (χ0n) is 19.0. The van der Waals surface area contributed by atoms with Gasteiger partial charge in [-0.1, -0.05) is 42.5 Å². The molecule has 1 amide bonds. The first-order valence-electron chi connectivity index (χ1n) is 11.4. The van der Waals surface area contributed by atoms with Crippen molar-refractivity contribution < 1.29 is 9.53 Å². The number of aromatic amines is 1. The van der Waals surface area contributed by atoms with Crippen molar-refractivity contribution in [1.29, 1.82) is 0 Å². The molecule has 34 heavy (non-hydrogen) atoms. The van der Waals surface area contributed by atoms with Crippen LogP contribution in [0.3, 0.4) is 0 Å². The van der Waals surface area contributed by atoms with E-state index in [1.807, 2.05) is 49.4 Å². The molecule has 1 fully saturated rings. The van der Waals surface area contributed by atoms with Gasteiger partial charge in [0.05, 0.1) is 40.5 Å². The van der Waals surface area contributed by atoms with Crippen molar-refractivity contribution in [2.24, 2.45) is 0 Å².